The van der Waals surface area contributed by atoms with Crippen LogP contribution in [-0.2, 0) is 4.79 Å². The van der Waals surface area contributed by atoms with Gasteiger partial charge in [-0.05, 0) is 36.4 Å². The van der Waals surface area contributed by atoms with Crippen molar-refractivity contribution in [3.05, 3.63) is 64.6 Å². The summed E-state index contributed by atoms with van der Waals surface area (Å²) >= 11 is 3.35. The summed E-state index contributed by atoms with van der Waals surface area (Å²) in [5, 5.41) is 8.65. The highest BCUT2D eigenvalue weighted by molar-refractivity contribution is 9.10. The van der Waals surface area contributed by atoms with E-state index in [1.165, 1.54) is 6.08 Å². The molecule has 0 saturated heterocycles. The minimum atomic E-state index is -0.988. The van der Waals surface area contributed by atoms with Crippen molar-refractivity contribution in [3.8, 4) is 11.5 Å². The number of hydrogen-bond donors (Lipinski definition) is 1. The van der Waals surface area contributed by atoms with E-state index in [-0.39, 0.29) is 0 Å². The minimum absolute atomic E-state index is 0.613. The van der Waals surface area contributed by atoms with Crippen molar-refractivity contribution in [2.24, 2.45) is 0 Å². The van der Waals surface area contributed by atoms with Crippen LogP contribution in [0.25, 0.3) is 6.08 Å². The van der Waals surface area contributed by atoms with Crippen LogP contribution in [0.3, 0.4) is 0 Å². The van der Waals surface area contributed by atoms with Crippen LogP contribution >= 0.6 is 15.9 Å². The van der Waals surface area contributed by atoms with E-state index in [9.17, 15) is 4.79 Å². The average molecular weight is 319 g/mol. The number of aliphatic carboxylic acids is 1. The van der Waals surface area contributed by atoms with Gasteiger partial charge in [-0.1, -0.05) is 34.1 Å². The third kappa shape index (κ3) is 3.96. The second-order valence-electron chi connectivity index (χ2n) is 3.77. The first kappa shape index (κ1) is 13.4. The van der Waals surface area contributed by atoms with E-state index in [2.05, 4.69) is 15.9 Å². The molecule has 0 radical (unpaired) electrons. The van der Waals surface area contributed by atoms with E-state index in [1.54, 1.807) is 12.1 Å². The van der Waals surface area contributed by atoms with Gasteiger partial charge in [0, 0.05) is 16.1 Å². The maximum atomic E-state index is 10.5. The Labute approximate surface area is 119 Å². The van der Waals surface area contributed by atoms with E-state index in [0.29, 0.717) is 17.1 Å². The monoisotopic (exact) mass is 318 g/mol. The van der Waals surface area contributed by atoms with E-state index < -0.39 is 5.97 Å². The maximum Gasteiger partial charge on any atom is 0.328 e. The highest BCUT2D eigenvalue weighted by atomic mass is 79.9. The number of carbonyl (C=O) groups is 1. The van der Waals surface area contributed by atoms with Gasteiger partial charge < -0.3 is 9.84 Å². The van der Waals surface area contributed by atoms with Crippen molar-refractivity contribution >= 4 is 28.0 Å². The molecule has 0 aliphatic heterocycles. The number of para-hydroxylation sites is 1. The second kappa shape index (κ2) is 6.20. The highest BCUT2D eigenvalue weighted by Crippen LogP contribution is 2.27. The molecule has 2 aromatic rings. The molecule has 0 heterocycles. The fourth-order valence-electron chi connectivity index (χ4n) is 1.50. The molecule has 2 aromatic carbocycles. The standard InChI is InChI=1S/C15H11BrO3/c16-12-6-8-13(9-7-12)19-14-4-2-1-3-11(14)5-10-15(17)18/h1-10H,(H,17,18)/b10-5+. The van der Waals surface area contributed by atoms with Crippen molar-refractivity contribution in [2.75, 3.05) is 0 Å². The SMILES string of the molecule is O=C(O)/C=C/c1ccccc1Oc1ccc(Br)cc1. The van der Waals surface area contributed by atoms with Crippen LogP contribution in [-0.4, -0.2) is 11.1 Å². The maximum absolute atomic E-state index is 10.5. The molecule has 96 valence electrons. The summed E-state index contributed by atoms with van der Waals surface area (Å²) in [6.07, 6.45) is 2.60. The Morgan fingerprint density at radius 2 is 1.79 bits per heavy atom. The Hall–Kier alpha value is -2.07. The number of carboxylic acids is 1. The number of hydrogen-bond acceptors (Lipinski definition) is 2. The molecule has 0 fully saturated rings. The van der Waals surface area contributed by atoms with Gasteiger partial charge in [0.05, 0.1) is 0 Å². The predicted molar refractivity (Wildman–Crippen MR) is 77.3 cm³/mol. The molecule has 0 aliphatic carbocycles. The number of benzene rings is 2. The quantitative estimate of drug-likeness (QED) is 0.853. The fraction of sp³-hybridized carbons (Fsp3) is 0. The Bertz CT molecular complexity index is 603. The van der Waals surface area contributed by atoms with Gasteiger partial charge in [-0.2, -0.15) is 0 Å². The van der Waals surface area contributed by atoms with Gasteiger partial charge in [-0.15, -0.1) is 0 Å². The van der Waals surface area contributed by atoms with Crippen LogP contribution < -0.4 is 4.74 Å². The molecule has 1 N–H and O–H groups in total. The summed E-state index contributed by atoms with van der Waals surface area (Å²) in [5.74, 6) is 0.320. The summed E-state index contributed by atoms with van der Waals surface area (Å²) in [6.45, 7) is 0. The van der Waals surface area contributed by atoms with E-state index in [0.717, 1.165) is 10.5 Å². The van der Waals surface area contributed by atoms with E-state index >= 15 is 0 Å². The van der Waals surface area contributed by atoms with Gasteiger partial charge in [-0.25, -0.2) is 4.79 Å². The van der Waals surface area contributed by atoms with Crippen molar-refractivity contribution in [1.29, 1.82) is 0 Å². The lowest BCUT2D eigenvalue weighted by molar-refractivity contribution is -0.131. The molecule has 0 bridgehead atoms. The molecule has 0 atom stereocenters. The third-order valence-electron chi connectivity index (χ3n) is 2.37. The van der Waals surface area contributed by atoms with Crippen molar-refractivity contribution in [3.63, 3.8) is 0 Å². The molecule has 0 spiro atoms. The molecule has 19 heavy (non-hydrogen) atoms. The molecule has 0 aromatic heterocycles. The lowest BCUT2D eigenvalue weighted by Gasteiger charge is -2.08. The number of rotatable bonds is 4. The largest absolute Gasteiger partial charge is 0.478 e. The van der Waals surface area contributed by atoms with Crippen LogP contribution in [0.1, 0.15) is 5.56 Å². The topological polar surface area (TPSA) is 46.5 Å². The number of halogens is 1. The van der Waals surface area contributed by atoms with E-state index in [4.69, 9.17) is 9.84 Å². The predicted octanol–water partition coefficient (Wildman–Crippen LogP) is 4.34. The molecule has 0 unspecified atom stereocenters. The lowest BCUT2D eigenvalue weighted by atomic mass is 10.2. The normalized spacial score (nSPS) is 10.6. The highest BCUT2D eigenvalue weighted by Gasteiger charge is 2.02. The zero-order valence-electron chi connectivity index (χ0n) is 9.92. The summed E-state index contributed by atoms with van der Waals surface area (Å²) in [7, 11) is 0. The molecule has 3 nitrogen and oxygen atoms in total. The van der Waals surface area contributed by atoms with Gasteiger partial charge in [0.15, 0.2) is 0 Å². The van der Waals surface area contributed by atoms with Gasteiger partial charge in [0.25, 0.3) is 0 Å². The van der Waals surface area contributed by atoms with Gasteiger partial charge >= 0.3 is 5.97 Å². The molecule has 0 amide bonds. The Morgan fingerprint density at radius 1 is 1.11 bits per heavy atom. The molecule has 0 saturated carbocycles. The Kier molecular flexibility index (Phi) is 4.36. The van der Waals surface area contributed by atoms with Gasteiger partial charge in [-0.3, -0.25) is 0 Å². The summed E-state index contributed by atoms with van der Waals surface area (Å²) in [6, 6.07) is 14.7. The third-order valence-corrected chi connectivity index (χ3v) is 2.89. The zero-order chi connectivity index (χ0) is 13.7. The van der Waals surface area contributed by atoms with Crippen LogP contribution in [0.2, 0.25) is 0 Å². The number of carboxylic acid groups (broad SMARTS) is 1. The Balaban J connectivity index is 2.24. The van der Waals surface area contributed by atoms with Crippen LogP contribution in [0, 0.1) is 0 Å². The molecular formula is C15H11BrO3. The molecule has 0 aliphatic rings. The number of ether oxygens (including phenoxy) is 1. The second-order valence-corrected chi connectivity index (χ2v) is 4.68. The van der Waals surface area contributed by atoms with Crippen molar-refractivity contribution in [1.82, 2.24) is 0 Å². The molecular weight excluding hydrogens is 308 g/mol. The molecule has 4 heteroatoms. The van der Waals surface area contributed by atoms with Gasteiger partial charge in [0.2, 0.25) is 0 Å². The first-order valence-corrected chi connectivity index (χ1v) is 6.38. The molecule has 2 rings (SSSR count). The van der Waals surface area contributed by atoms with Crippen LogP contribution in [0.15, 0.2) is 59.1 Å². The van der Waals surface area contributed by atoms with Crippen molar-refractivity contribution in [2.45, 2.75) is 0 Å². The summed E-state index contributed by atoms with van der Waals surface area (Å²) in [5.41, 5.74) is 0.716. The van der Waals surface area contributed by atoms with E-state index in [1.807, 2.05) is 36.4 Å². The average Bonchev–Trinajstić information content (AvgIpc) is 2.40. The Morgan fingerprint density at radius 3 is 2.47 bits per heavy atom. The fourth-order valence-corrected chi connectivity index (χ4v) is 1.77. The van der Waals surface area contributed by atoms with Crippen molar-refractivity contribution < 1.29 is 14.6 Å². The summed E-state index contributed by atoms with van der Waals surface area (Å²) in [4.78, 5) is 10.5. The lowest BCUT2D eigenvalue weighted by Crippen LogP contribution is -1.89. The first-order chi connectivity index (χ1) is 9.15. The zero-order valence-corrected chi connectivity index (χ0v) is 11.5. The van der Waals surface area contributed by atoms with Crippen LogP contribution in [0.4, 0.5) is 0 Å². The first-order valence-electron chi connectivity index (χ1n) is 5.58. The van der Waals surface area contributed by atoms with Gasteiger partial charge in [0.1, 0.15) is 11.5 Å². The van der Waals surface area contributed by atoms with Crippen LogP contribution in [0.5, 0.6) is 11.5 Å². The summed E-state index contributed by atoms with van der Waals surface area (Å²) < 4.78 is 6.70. The minimum Gasteiger partial charge on any atom is -0.478 e. The smallest absolute Gasteiger partial charge is 0.328 e.